The zero-order valence-electron chi connectivity index (χ0n) is 11.6. The van der Waals surface area contributed by atoms with Gasteiger partial charge in [0.1, 0.15) is 6.07 Å². The van der Waals surface area contributed by atoms with Gasteiger partial charge >= 0.3 is 0 Å². The molecule has 1 aromatic carbocycles. The van der Waals surface area contributed by atoms with Crippen LogP contribution in [0.25, 0.3) is 0 Å². The van der Waals surface area contributed by atoms with Crippen molar-refractivity contribution >= 4 is 21.6 Å². The van der Waals surface area contributed by atoms with Crippen molar-refractivity contribution in [2.24, 2.45) is 5.73 Å². The fourth-order valence-electron chi connectivity index (χ4n) is 2.89. The third-order valence-electron chi connectivity index (χ3n) is 4.01. The van der Waals surface area contributed by atoms with E-state index in [-0.39, 0.29) is 16.3 Å². The van der Waals surface area contributed by atoms with Crippen molar-refractivity contribution in [3.05, 3.63) is 28.0 Å². The van der Waals surface area contributed by atoms with Crippen LogP contribution in [0.1, 0.15) is 38.2 Å². The number of nitrogens with two attached hydrogens (primary N) is 1. The molecule has 2 rings (SSSR count). The Morgan fingerprint density at radius 1 is 1.40 bits per heavy atom. The van der Waals surface area contributed by atoms with E-state index in [1.807, 2.05) is 13.0 Å². The quantitative estimate of drug-likeness (QED) is 0.915. The molecular formula is C15H19BrFN3. The summed E-state index contributed by atoms with van der Waals surface area (Å²) in [5.41, 5.74) is 6.83. The van der Waals surface area contributed by atoms with Gasteiger partial charge in [0.15, 0.2) is 5.82 Å². The van der Waals surface area contributed by atoms with Crippen molar-refractivity contribution in [3.63, 3.8) is 0 Å². The van der Waals surface area contributed by atoms with E-state index in [1.54, 1.807) is 12.1 Å². The van der Waals surface area contributed by atoms with Gasteiger partial charge in [-0.15, -0.1) is 0 Å². The third-order valence-corrected chi connectivity index (χ3v) is 4.79. The average molecular weight is 340 g/mol. The van der Waals surface area contributed by atoms with Crippen LogP contribution in [0.5, 0.6) is 0 Å². The van der Waals surface area contributed by atoms with Gasteiger partial charge < -0.3 is 10.6 Å². The van der Waals surface area contributed by atoms with E-state index in [0.29, 0.717) is 17.3 Å². The highest BCUT2D eigenvalue weighted by molar-refractivity contribution is 9.10. The summed E-state index contributed by atoms with van der Waals surface area (Å²) in [6.45, 7) is 2.77. The maximum absolute atomic E-state index is 14.5. The maximum Gasteiger partial charge on any atom is 0.161 e. The standard InChI is InChI=1S/C15H19BrFN3/c1-2-20(12-6-4-11(19)5-7-12)13-8-3-10(9-18)14(16)15(13)17/h3,8,11-12H,2,4-7,19H2,1H3. The zero-order chi connectivity index (χ0) is 14.7. The molecular weight excluding hydrogens is 321 g/mol. The average Bonchev–Trinajstić information content (AvgIpc) is 2.46. The monoisotopic (exact) mass is 339 g/mol. The smallest absolute Gasteiger partial charge is 0.161 e. The maximum atomic E-state index is 14.5. The molecule has 108 valence electrons. The Bertz CT molecular complexity index is 519. The molecule has 5 heteroatoms. The molecule has 1 saturated carbocycles. The second kappa shape index (κ2) is 6.55. The molecule has 0 unspecified atom stereocenters. The third kappa shape index (κ3) is 2.97. The molecule has 0 radical (unpaired) electrons. The van der Waals surface area contributed by atoms with E-state index >= 15 is 0 Å². The van der Waals surface area contributed by atoms with E-state index in [1.165, 1.54) is 0 Å². The molecule has 1 aromatic rings. The fourth-order valence-corrected chi connectivity index (χ4v) is 3.31. The van der Waals surface area contributed by atoms with Gasteiger partial charge in [-0.2, -0.15) is 5.26 Å². The minimum absolute atomic E-state index is 0.253. The predicted molar refractivity (Wildman–Crippen MR) is 82.1 cm³/mol. The summed E-state index contributed by atoms with van der Waals surface area (Å²) in [4.78, 5) is 2.09. The van der Waals surface area contributed by atoms with Gasteiger partial charge in [0, 0.05) is 18.6 Å². The van der Waals surface area contributed by atoms with Crippen LogP contribution >= 0.6 is 15.9 Å². The Kier molecular flexibility index (Phi) is 5.00. The molecule has 0 heterocycles. The first kappa shape index (κ1) is 15.3. The molecule has 1 fully saturated rings. The number of benzene rings is 1. The minimum Gasteiger partial charge on any atom is -0.366 e. The Morgan fingerprint density at radius 3 is 2.60 bits per heavy atom. The van der Waals surface area contributed by atoms with E-state index in [0.717, 1.165) is 32.2 Å². The molecule has 20 heavy (non-hydrogen) atoms. The van der Waals surface area contributed by atoms with Crippen LogP contribution in [0.15, 0.2) is 16.6 Å². The van der Waals surface area contributed by atoms with Crippen LogP contribution in [0.3, 0.4) is 0 Å². The predicted octanol–water partition coefficient (Wildman–Crippen LogP) is 3.56. The number of rotatable bonds is 3. The first-order chi connectivity index (χ1) is 9.58. The van der Waals surface area contributed by atoms with Crippen molar-refractivity contribution in [1.29, 1.82) is 5.26 Å². The second-order valence-corrected chi connectivity index (χ2v) is 6.02. The summed E-state index contributed by atoms with van der Waals surface area (Å²) in [6, 6.07) is 5.96. The second-order valence-electron chi connectivity index (χ2n) is 5.23. The van der Waals surface area contributed by atoms with Gasteiger partial charge in [-0.25, -0.2) is 4.39 Å². The van der Waals surface area contributed by atoms with Crippen LogP contribution < -0.4 is 10.6 Å². The molecule has 0 aromatic heterocycles. The van der Waals surface area contributed by atoms with Crippen LogP contribution in [-0.2, 0) is 0 Å². The number of nitriles is 1. The van der Waals surface area contributed by atoms with Crippen LogP contribution in [0.2, 0.25) is 0 Å². The van der Waals surface area contributed by atoms with E-state index < -0.39 is 0 Å². The highest BCUT2D eigenvalue weighted by Gasteiger charge is 2.26. The van der Waals surface area contributed by atoms with E-state index in [2.05, 4.69) is 20.8 Å². The van der Waals surface area contributed by atoms with Crippen LogP contribution in [0, 0.1) is 17.1 Å². The lowest BCUT2D eigenvalue weighted by Gasteiger charge is -2.37. The molecule has 0 saturated heterocycles. The van der Waals surface area contributed by atoms with Crippen LogP contribution in [-0.4, -0.2) is 18.6 Å². The Labute approximate surface area is 127 Å². The summed E-state index contributed by atoms with van der Waals surface area (Å²) in [6.07, 6.45) is 3.96. The van der Waals surface area contributed by atoms with E-state index in [9.17, 15) is 4.39 Å². The highest BCUT2D eigenvalue weighted by atomic mass is 79.9. The summed E-state index contributed by atoms with van der Waals surface area (Å²) in [5.74, 6) is -0.347. The van der Waals surface area contributed by atoms with Gasteiger partial charge in [0.25, 0.3) is 0 Å². The zero-order valence-corrected chi connectivity index (χ0v) is 13.2. The molecule has 2 N–H and O–H groups in total. The van der Waals surface area contributed by atoms with Crippen molar-refractivity contribution in [1.82, 2.24) is 0 Å². The number of hydrogen-bond acceptors (Lipinski definition) is 3. The lowest BCUT2D eigenvalue weighted by Crippen LogP contribution is -2.41. The lowest BCUT2D eigenvalue weighted by molar-refractivity contribution is 0.376. The largest absolute Gasteiger partial charge is 0.366 e. The summed E-state index contributed by atoms with van der Waals surface area (Å²) in [7, 11) is 0. The number of hydrogen-bond donors (Lipinski definition) is 1. The molecule has 1 aliphatic rings. The molecule has 1 aliphatic carbocycles. The molecule has 0 spiro atoms. The van der Waals surface area contributed by atoms with E-state index in [4.69, 9.17) is 11.0 Å². The fraction of sp³-hybridized carbons (Fsp3) is 0.533. The van der Waals surface area contributed by atoms with Gasteiger partial charge in [-0.3, -0.25) is 0 Å². The molecule has 3 nitrogen and oxygen atoms in total. The van der Waals surface area contributed by atoms with Gasteiger partial charge in [0.05, 0.1) is 15.7 Å². The number of halogens is 2. The lowest BCUT2D eigenvalue weighted by atomic mass is 9.90. The Morgan fingerprint density at radius 2 is 2.05 bits per heavy atom. The van der Waals surface area contributed by atoms with Crippen molar-refractivity contribution < 1.29 is 4.39 Å². The summed E-state index contributed by atoms with van der Waals surface area (Å²) >= 11 is 3.18. The SMILES string of the molecule is CCN(c1ccc(C#N)c(Br)c1F)C1CCC(N)CC1. The molecule has 0 atom stereocenters. The molecule has 0 bridgehead atoms. The normalized spacial score (nSPS) is 22.4. The van der Waals surface area contributed by atoms with Gasteiger partial charge in [-0.05, 0) is 60.7 Å². The van der Waals surface area contributed by atoms with Gasteiger partial charge in [0.2, 0.25) is 0 Å². The van der Waals surface area contributed by atoms with Crippen molar-refractivity contribution in [2.45, 2.75) is 44.7 Å². The number of anilines is 1. The van der Waals surface area contributed by atoms with Gasteiger partial charge in [-0.1, -0.05) is 0 Å². The van der Waals surface area contributed by atoms with Crippen molar-refractivity contribution in [3.8, 4) is 6.07 Å². The molecule has 0 aliphatic heterocycles. The summed E-state index contributed by atoms with van der Waals surface area (Å²) in [5, 5.41) is 8.93. The topological polar surface area (TPSA) is 53.0 Å². The van der Waals surface area contributed by atoms with Crippen LogP contribution in [0.4, 0.5) is 10.1 Å². The first-order valence-corrected chi connectivity index (χ1v) is 7.78. The van der Waals surface area contributed by atoms with Crippen molar-refractivity contribution in [2.75, 3.05) is 11.4 Å². The highest BCUT2D eigenvalue weighted by Crippen LogP contribution is 2.33. The Hall–Kier alpha value is -1.12. The Balaban J connectivity index is 2.28. The summed E-state index contributed by atoms with van der Waals surface area (Å²) < 4.78 is 14.7. The first-order valence-electron chi connectivity index (χ1n) is 6.98. The number of nitrogens with zero attached hydrogens (tertiary/aromatic N) is 2. The molecule has 0 amide bonds. The minimum atomic E-state index is -0.347.